The quantitative estimate of drug-likeness (QED) is 0.778. The molecule has 0 aromatic heterocycles. The molecule has 0 saturated carbocycles. The van der Waals surface area contributed by atoms with Crippen LogP contribution in [0.2, 0.25) is 0 Å². The Labute approximate surface area is 130 Å². The molecule has 7 nitrogen and oxygen atoms in total. The van der Waals surface area contributed by atoms with Gasteiger partial charge in [0.15, 0.2) is 0 Å². The van der Waals surface area contributed by atoms with Crippen LogP contribution in [-0.4, -0.2) is 57.4 Å². The summed E-state index contributed by atoms with van der Waals surface area (Å²) in [6.45, 7) is 2.09. The van der Waals surface area contributed by atoms with Gasteiger partial charge in [-0.05, 0) is 5.56 Å². The molecule has 1 aromatic carbocycles. The van der Waals surface area contributed by atoms with Gasteiger partial charge in [-0.2, -0.15) is 4.31 Å². The second-order valence-corrected chi connectivity index (χ2v) is 7.01. The van der Waals surface area contributed by atoms with E-state index in [-0.39, 0.29) is 18.3 Å². The van der Waals surface area contributed by atoms with E-state index in [0.717, 1.165) is 5.56 Å². The summed E-state index contributed by atoms with van der Waals surface area (Å²) in [6.07, 6.45) is 0. The number of amides is 2. The molecule has 8 heteroatoms. The number of hydrogen-bond acceptors (Lipinski definition) is 4. The molecule has 0 unspecified atom stereocenters. The summed E-state index contributed by atoms with van der Waals surface area (Å²) >= 11 is 0. The van der Waals surface area contributed by atoms with Gasteiger partial charge in [0.1, 0.15) is 0 Å². The summed E-state index contributed by atoms with van der Waals surface area (Å²) in [4.78, 5) is 11.6. The van der Waals surface area contributed by atoms with E-state index >= 15 is 0 Å². The van der Waals surface area contributed by atoms with Gasteiger partial charge in [-0.15, -0.1) is 0 Å². The van der Waals surface area contributed by atoms with E-state index in [2.05, 4.69) is 10.6 Å². The Morgan fingerprint density at radius 1 is 1.14 bits per heavy atom. The Morgan fingerprint density at radius 2 is 1.82 bits per heavy atom. The molecule has 1 saturated heterocycles. The predicted molar refractivity (Wildman–Crippen MR) is 82.9 cm³/mol. The van der Waals surface area contributed by atoms with Gasteiger partial charge in [0.05, 0.1) is 19.0 Å². The molecule has 2 amide bonds. The summed E-state index contributed by atoms with van der Waals surface area (Å²) in [6, 6.07) is 9.13. The van der Waals surface area contributed by atoms with Crippen molar-refractivity contribution in [2.24, 2.45) is 0 Å². The number of urea groups is 1. The standard InChI is InChI=1S/C14H21N3O4S/c18-14(16-12-13-4-2-1-3-5-13)15-6-11-22(19,20)17-7-9-21-10-8-17/h1-5H,6-12H2,(H2,15,16,18). The molecule has 1 aromatic rings. The van der Waals surface area contributed by atoms with Crippen molar-refractivity contribution < 1.29 is 17.9 Å². The van der Waals surface area contributed by atoms with Crippen molar-refractivity contribution >= 4 is 16.1 Å². The number of hydrogen-bond donors (Lipinski definition) is 2. The van der Waals surface area contributed by atoms with Crippen molar-refractivity contribution in [3.63, 3.8) is 0 Å². The van der Waals surface area contributed by atoms with E-state index in [9.17, 15) is 13.2 Å². The molecule has 0 spiro atoms. The van der Waals surface area contributed by atoms with Gasteiger partial charge in [-0.25, -0.2) is 13.2 Å². The van der Waals surface area contributed by atoms with Gasteiger partial charge in [-0.3, -0.25) is 0 Å². The molecule has 0 atom stereocenters. The third kappa shape index (κ3) is 5.28. The lowest BCUT2D eigenvalue weighted by Crippen LogP contribution is -2.44. The molecule has 122 valence electrons. The van der Waals surface area contributed by atoms with Gasteiger partial charge in [0.25, 0.3) is 0 Å². The van der Waals surface area contributed by atoms with Crippen molar-refractivity contribution in [1.29, 1.82) is 0 Å². The molecule has 1 aliphatic rings. The van der Waals surface area contributed by atoms with Gasteiger partial charge in [0, 0.05) is 26.2 Å². The highest BCUT2D eigenvalue weighted by molar-refractivity contribution is 7.89. The Balaban J connectivity index is 1.68. The lowest BCUT2D eigenvalue weighted by molar-refractivity contribution is 0.0730. The third-order valence-corrected chi connectivity index (χ3v) is 5.18. The minimum atomic E-state index is -3.34. The maximum atomic E-state index is 12.0. The maximum Gasteiger partial charge on any atom is 0.315 e. The molecule has 2 N–H and O–H groups in total. The number of nitrogens with one attached hydrogen (secondary N) is 2. The molecule has 0 aliphatic carbocycles. The first kappa shape index (κ1) is 16.7. The van der Waals surface area contributed by atoms with Crippen LogP contribution in [0.5, 0.6) is 0 Å². The van der Waals surface area contributed by atoms with Gasteiger partial charge >= 0.3 is 6.03 Å². The van der Waals surface area contributed by atoms with Crippen molar-refractivity contribution in [2.75, 3.05) is 38.6 Å². The number of carbonyl (C=O) groups excluding carboxylic acids is 1. The van der Waals surface area contributed by atoms with Crippen molar-refractivity contribution in [3.05, 3.63) is 35.9 Å². The number of rotatable bonds is 6. The molecule has 22 heavy (non-hydrogen) atoms. The van der Waals surface area contributed by atoms with E-state index in [0.29, 0.717) is 32.8 Å². The minimum absolute atomic E-state index is 0.0836. The Bertz CT molecular complexity index is 571. The van der Waals surface area contributed by atoms with Crippen LogP contribution in [0, 0.1) is 0 Å². The number of carbonyl (C=O) groups is 1. The average Bonchev–Trinajstić information content (AvgIpc) is 2.54. The molecular formula is C14H21N3O4S. The van der Waals surface area contributed by atoms with Crippen LogP contribution in [0.15, 0.2) is 30.3 Å². The Hall–Kier alpha value is -1.64. The topological polar surface area (TPSA) is 87.7 Å². The first-order valence-electron chi connectivity index (χ1n) is 7.19. The van der Waals surface area contributed by atoms with Crippen LogP contribution in [0.25, 0.3) is 0 Å². The Morgan fingerprint density at radius 3 is 2.50 bits per heavy atom. The molecule has 1 heterocycles. The van der Waals surface area contributed by atoms with Crippen molar-refractivity contribution in [2.45, 2.75) is 6.54 Å². The molecule has 1 aliphatic heterocycles. The SMILES string of the molecule is O=C(NCCS(=O)(=O)N1CCOCC1)NCc1ccccc1. The van der Waals surface area contributed by atoms with Crippen molar-refractivity contribution in [1.82, 2.24) is 14.9 Å². The van der Waals surface area contributed by atoms with E-state index < -0.39 is 10.0 Å². The van der Waals surface area contributed by atoms with Crippen LogP contribution in [-0.2, 0) is 21.3 Å². The summed E-state index contributed by atoms with van der Waals surface area (Å²) < 4.78 is 30.6. The van der Waals surface area contributed by atoms with Gasteiger partial charge in [-0.1, -0.05) is 30.3 Å². The fraction of sp³-hybridized carbons (Fsp3) is 0.500. The predicted octanol–water partition coefficient (Wildman–Crippen LogP) is 0.148. The first-order chi connectivity index (χ1) is 10.6. The highest BCUT2D eigenvalue weighted by Gasteiger charge is 2.23. The maximum absolute atomic E-state index is 12.0. The minimum Gasteiger partial charge on any atom is -0.379 e. The van der Waals surface area contributed by atoms with Crippen molar-refractivity contribution in [3.8, 4) is 0 Å². The van der Waals surface area contributed by atoms with Crippen LogP contribution >= 0.6 is 0 Å². The normalized spacial score (nSPS) is 16.2. The smallest absolute Gasteiger partial charge is 0.315 e. The Kier molecular flexibility index (Phi) is 6.17. The highest BCUT2D eigenvalue weighted by atomic mass is 32.2. The summed E-state index contributed by atoms with van der Waals surface area (Å²) in [7, 11) is -3.34. The zero-order valence-electron chi connectivity index (χ0n) is 12.3. The monoisotopic (exact) mass is 327 g/mol. The summed E-state index contributed by atoms with van der Waals surface area (Å²) in [5, 5.41) is 5.25. The lowest BCUT2D eigenvalue weighted by atomic mass is 10.2. The first-order valence-corrected chi connectivity index (χ1v) is 8.80. The molecular weight excluding hydrogens is 306 g/mol. The lowest BCUT2D eigenvalue weighted by Gasteiger charge is -2.26. The fourth-order valence-corrected chi connectivity index (χ4v) is 3.41. The van der Waals surface area contributed by atoms with Crippen LogP contribution in [0.4, 0.5) is 4.79 Å². The third-order valence-electron chi connectivity index (χ3n) is 3.30. The van der Waals surface area contributed by atoms with E-state index in [1.165, 1.54) is 4.31 Å². The number of nitrogens with zero attached hydrogens (tertiary/aromatic N) is 1. The van der Waals surface area contributed by atoms with E-state index in [1.54, 1.807) is 0 Å². The number of sulfonamides is 1. The number of benzene rings is 1. The fourth-order valence-electron chi connectivity index (χ4n) is 2.09. The zero-order valence-corrected chi connectivity index (χ0v) is 13.1. The zero-order chi connectivity index (χ0) is 15.8. The van der Waals surface area contributed by atoms with E-state index in [1.807, 2.05) is 30.3 Å². The van der Waals surface area contributed by atoms with E-state index in [4.69, 9.17) is 4.74 Å². The van der Waals surface area contributed by atoms with Crippen LogP contribution in [0.1, 0.15) is 5.56 Å². The second-order valence-electron chi connectivity index (χ2n) is 4.92. The summed E-state index contributed by atoms with van der Waals surface area (Å²) in [5.41, 5.74) is 0.985. The van der Waals surface area contributed by atoms with Crippen LogP contribution in [0.3, 0.4) is 0 Å². The number of morpholine rings is 1. The second kappa shape index (κ2) is 8.11. The average molecular weight is 327 g/mol. The molecule has 1 fully saturated rings. The molecule has 0 bridgehead atoms. The highest BCUT2D eigenvalue weighted by Crippen LogP contribution is 2.04. The van der Waals surface area contributed by atoms with Crippen LogP contribution < -0.4 is 10.6 Å². The van der Waals surface area contributed by atoms with Gasteiger partial charge < -0.3 is 15.4 Å². The van der Waals surface area contributed by atoms with Gasteiger partial charge in [0.2, 0.25) is 10.0 Å². The molecule has 2 rings (SSSR count). The largest absolute Gasteiger partial charge is 0.379 e. The summed E-state index contributed by atoms with van der Waals surface area (Å²) in [5.74, 6) is -0.105. The number of ether oxygens (including phenoxy) is 1. The molecule has 0 radical (unpaired) electrons.